The maximum atomic E-state index is 13.0. The summed E-state index contributed by atoms with van der Waals surface area (Å²) in [5, 5.41) is 0.996. The molecule has 1 aliphatic heterocycles. The number of rotatable bonds is 1. The molecule has 1 aliphatic rings. The van der Waals surface area contributed by atoms with E-state index in [1.807, 2.05) is 54.6 Å². The summed E-state index contributed by atoms with van der Waals surface area (Å²) in [4.78, 5) is 17.9. The zero-order valence-corrected chi connectivity index (χ0v) is 23.5. The maximum absolute atomic E-state index is 13.0. The molecule has 0 N–H and O–H groups in total. The topological polar surface area (TPSA) is 33.8 Å². The second kappa shape index (κ2) is 7.88. The third-order valence-electron chi connectivity index (χ3n) is 4.73. The van der Waals surface area contributed by atoms with Gasteiger partial charge >= 0.3 is 73.8 Å². The first-order chi connectivity index (χ1) is 14.7. The van der Waals surface area contributed by atoms with Crippen molar-refractivity contribution < 1.29 is 9.36 Å². The Bertz CT molecular complexity index is 1380. The van der Waals surface area contributed by atoms with Crippen molar-refractivity contribution in [1.82, 2.24) is 4.98 Å². The number of carbonyl (C=O) groups excluding carboxylic acids is 1. The first-order valence-corrected chi connectivity index (χ1v) is 28.7. The molecule has 1 aromatic heterocycles. The molecule has 0 fully saturated rings. The van der Waals surface area contributed by atoms with Gasteiger partial charge in [-0.2, -0.15) is 4.57 Å². The van der Waals surface area contributed by atoms with Gasteiger partial charge < -0.3 is 0 Å². The number of hydrogen-bond acceptors (Lipinski definition) is 2. The van der Waals surface area contributed by atoms with Crippen molar-refractivity contribution in [3.8, 4) is 22.6 Å². The van der Waals surface area contributed by atoms with Crippen LogP contribution in [0.3, 0.4) is 0 Å². The number of benzene rings is 3. The quantitative estimate of drug-likeness (QED) is 0.136. The van der Waals surface area contributed by atoms with E-state index >= 15 is 0 Å². The van der Waals surface area contributed by atoms with E-state index in [1.165, 1.54) is 0 Å². The number of fused-ring (bicyclic) bond motifs is 5. The molecule has 10 heteroatoms. The fourth-order valence-electron chi connectivity index (χ4n) is 3.55. The molecule has 0 saturated heterocycles. The second-order valence-electron chi connectivity index (χ2n) is 7.32. The summed E-state index contributed by atoms with van der Waals surface area (Å²) in [6.07, 6.45) is 0. The summed E-state index contributed by atoms with van der Waals surface area (Å²) in [5.41, 5.74) is 5.62. The fraction of sp³-hybridized carbons (Fsp3) is 0.0455. The van der Waals surface area contributed by atoms with Gasteiger partial charge in [-0.05, 0) is 36.2 Å². The van der Waals surface area contributed by atoms with Crippen molar-refractivity contribution in [1.29, 1.82) is 0 Å². The molecule has 0 radical (unpaired) electrons. The molecule has 0 atom stereocenters. The average Bonchev–Trinajstić information content (AvgIpc) is 2.98. The van der Waals surface area contributed by atoms with Crippen LogP contribution in [0.2, 0.25) is 0 Å². The molecule has 0 spiro atoms. The van der Waals surface area contributed by atoms with Gasteiger partial charge in [0.2, 0.25) is 0 Å². The van der Waals surface area contributed by atoms with E-state index in [4.69, 9.17) is 58.0 Å². The molecule has 0 unspecified atom stereocenters. The first kappa shape index (κ1) is 24.4. The Hall–Kier alpha value is -0.772. The first-order valence-electron chi connectivity index (χ1n) is 9.31. The van der Waals surface area contributed by atoms with Gasteiger partial charge in [-0.25, -0.2) is 4.79 Å². The van der Waals surface area contributed by atoms with E-state index in [2.05, 4.69) is 25.1 Å². The van der Waals surface area contributed by atoms with Crippen LogP contribution in [0.15, 0.2) is 72.8 Å². The number of aryl methyl sites for hydroxylation is 1. The van der Waals surface area contributed by atoms with Crippen molar-refractivity contribution in [3.05, 3.63) is 83.9 Å². The third-order valence-corrected chi connectivity index (χ3v) is 4.73. The Balaban J connectivity index is 0.000000307. The van der Waals surface area contributed by atoms with E-state index in [0.29, 0.717) is 5.56 Å². The average molecular weight is 658 g/mol. The van der Waals surface area contributed by atoms with E-state index in [-0.39, 0.29) is 5.91 Å². The molecule has 0 bridgehead atoms. The molecule has 0 aliphatic carbocycles. The third kappa shape index (κ3) is 5.83. The van der Waals surface area contributed by atoms with Gasteiger partial charge in [-0.15, -0.1) is 0 Å². The minimum atomic E-state index is -5.42. The van der Waals surface area contributed by atoms with Crippen LogP contribution in [0.5, 0.6) is 0 Å². The summed E-state index contributed by atoms with van der Waals surface area (Å²) in [6, 6.07) is 24.0. The number of halogens is 6. The van der Waals surface area contributed by atoms with Crippen molar-refractivity contribution in [2.24, 2.45) is 0 Å². The molecular weight excluding hydrogens is 643 g/mol. The van der Waals surface area contributed by atoms with Gasteiger partial charge in [0, 0.05) is 5.56 Å². The number of nitrogens with zero attached hydrogens (tertiary/aromatic N) is 2. The van der Waals surface area contributed by atoms with Crippen LogP contribution < -0.4 is 4.57 Å². The van der Waals surface area contributed by atoms with Gasteiger partial charge in [0.05, 0.1) is 16.5 Å². The van der Waals surface area contributed by atoms with Crippen LogP contribution in [0, 0.1) is 6.92 Å². The van der Waals surface area contributed by atoms with Crippen molar-refractivity contribution >= 4 is 78.9 Å². The minimum absolute atomic E-state index is 0.00781. The van der Waals surface area contributed by atoms with Crippen LogP contribution in [-0.2, 0) is 0 Å². The molecule has 3 aromatic carbocycles. The summed E-state index contributed by atoms with van der Waals surface area (Å²) in [7, 11) is 25.0. The molecule has 0 amide bonds. The normalized spacial score (nSPS) is 14.7. The molecule has 32 heavy (non-hydrogen) atoms. The van der Waals surface area contributed by atoms with Crippen LogP contribution >= 0.6 is 53.0 Å². The number of hydrogen-bond donors (Lipinski definition) is 0. The second-order valence-corrected chi connectivity index (χ2v) is 64.2. The monoisotopic (exact) mass is 654 g/mol. The summed E-state index contributed by atoms with van der Waals surface area (Å²) < 4.78 is 1.74. The predicted molar refractivity (Wildman–Crippen MR) is 138 cm³/mol. The Morgan fingerprint density at radius 1 is 0.781 bits per heavy atom. The van der Waals surface area contributed by atoms with Crippen molar-refractivity contribution in [2.75, 3.05) is 0 Å². The van der Waals surface area contributed by atoms with E-state index in [1.54, 1.807) is 4.57 Å². The van der Waals surface area contributed by atoms with Crippen molar-refractivity contribution in [3.63, 3.8) is 0 Å². The summed E-state index contributed by atoms with van der Waals surface area (Å²) in [6.45, 7) is 2.06. The molecule has 166 valence electrons. The summed E-state index contributed by atoms with van der Waals surface area (Å²) in [5.74, 6) is 0.711. The molecule has 0 saturated carbocycles. The Labute approximate surface area is 204 Å². The molecular formula is C22H15Cl6N2OSb. The van der Waals surface area contributed by atoms with Crippen molar-refractivity contribution in [2.45, 2.75) is 6.92 Å². The van der Waals surface area contributed by atoms with Crippen LogP contribution in [0.4, 0.5) is 0 Å². The van der Waals surface area contributed by atoms with Crippen LogP contribution in [-0.4, -0.2) is 20.0 Å². The number of carbonyl (C=O) groups is 1. The summed E-state index contributed by atoms with van der Waals surface area (Å²) >= 11 is 0. The van der Waals surface area contributed by atoms with Crippen LogP contribution in [0.1, 0.15) is 15.9 Å². The Morgan fingerprint density at radius 2 is 1.34 bits per heavy atom. The molecule has 5 rings (SSSR count). The molecule has 4 aromatic rings. The van der Waals surface area contributed by atoms with Crippen LogP contribution in [0.25, 0.3) is 33.5 Å². The molecule has 3 nitrogen and oxygen atoms in total. The van der Waals surface area contributed by atoms with Gasteiger partial charge in [0.25, 0.3) is 0 Å². The zero-order valence-electron chi connectivity index (χ0n) is 16.4. The van der Waals surface area contributed by atoms with Gasteiger partial charge in [0.1, 0.15) is 5.52 Å². The SMILES string of the molecule is Cc1ccc2c(c1)c(-c1ccccc1)nc1[n+]2C(=O)c2ccccc2-1.[Cl][Sb-]([Cl])([Cl])([Cl])([Cl])[Cl]. The van der Waals surface area contributed by atoms with Gasteiger partial charge in [-0.1, -0.05) is 54.1 Å². The van der Waals surface area contributed by atoms with E-state index < -0.39 is 9.14 Å². The standard InChI is InChI=1S/C22H15N2O.6ClH.Sb/c1-14-11-12-19-18(13-14)20(15-7-3-2-4-8-15)23-21-16-9-5-6-10-17(16)22(25)24(19)21;;;;;;;/h2-13H,1H3;6*1H;/q+1;;;;;;;+5/p-6. The number of aromatic nitrogens is 2. The zero-order chi connectivity index (χ0) is 23.4. The molecule has 2 heterocycles. The van der Waals surface area contributed by atoms with E-state index in [9.17, 15) is 4.79 Å². The Kier molecular flexibility index (Phi) is 6.00. The van der Waals surface area contributed by atoms with Gasteiger partial charge in [-0.3, -0.25) is 0 Å². The fourth-order valence-corrected chi connectivity index (χ4v) is 3.55. The Morgan fingerprint density at radius 3 is 1.97 bits per heavy atom. The van der Waals surface area contributed by atoms with E-state index in [0.717, 1.165) is 39.1 Å². The van der Waals surface area contributed by atoms with Gasteiger partial charge in [0.15, 0.2) is 5.69 Å². The predicted octanol–water partition coefficient (Wildman–Crippen LogP) is 7.92.